The van der Waals surface area contributed by atoms with Gasteiger partial charge in [0.1, 0.15) is 0 Å². The van der Waals surface area contributed by atoms with Crippen LogP contribution in [0, 0.1) is 0 Å². The van der Waals surface area contributed by atoms with Crippen molar-refractivity contribution in [3.63, 3.8) is 0 Å². The summed E-state index contributed by atoms with van der Waals surface area (Å²) in [5, 5.41) is 5.98. The van der Waals surface area contributed by atoms with E-state index >= 15 is 0 Å². The minimum Gasteiger partial charge on any atom is -0.355 e. The molecule has 1 aliphatic rings. The molecule has 0 spiro atoms. The Morgan fingerprint density at radius 1 is 1.67 bits per heavy atom. The van der Waals surface area contributed by atoms with Crippen molar-refractivity contribution in [2.45, 2.75) is 25.3 Å². The summed E-state index contributed by atoms with van der Waals surface area (Å²) in [4.78, 5) is 11.3. The van der Waals surface area contributed by atoms with Crippen LogP contribution in [0.3, 0.4) is 0 Å². The molecule has 0 radical (unpaired) electrons. The molecular weight excluding hydrogens is 154 g/mol. The second kappa shape index (κ2) is 5.11. The Morgan fingerprint density at radius 2 is 2.50 bits per heavy atom. The van der Waals surface area contributed by atoms with E-state index in [-0.39, 0.29) is 11.9 Å². The summed E-state index contributed by atoms with van der Waals surface area (Å²) in [6.07, 6.45) is 2.93. The molecule has 4 nitrogen and oxygen atoms in total. The quantitative estimate of drug-likeness (QED) is 0.485. The van der Waals surface area contributed by atoms with Crippen molar-refractivity contribution in [1.29, 1.82) is 0 Å². The van der Waals surface area contributed by atoms with Crippen LogP contribution in [0.2, 0.25) is 0 Å². The van der Waals surface area contributed by atoms with Crippen LogP contribution in [0.4, 0.5) is 0 Å². The van der Waals surface area contributed by atoms with Crippen LogP contribution in [-0.4, -0.2) is 31.6 Å². The highest BCUT2D eigenvalue weighted by atomic mass is 16.2. The van der Waals surface area contributed by atoms with Crippen LogP contribution in [0.5, 0.6) is 0 Å². The van der Waals surface area contributed by atoms with Gasteiger partial charge in [0.25, 0.3) is 0 Å². The molecule has 1 amide bonds. The fraction of sp³-hybridized carbons (Fsp3) is 0.875. The van der Waals surface area contributed by atoms with Gasteiger partial charge >= 0.3 is 0 Å². The number of carbonyl (C=O) groups excluding carboxylic acids is 1. The lowest BCUT2D eigenvalue weighted by atomic mass is 10.2. The second-order valence-electron chi connectivity index (χ2n) is 3.08. The number of nitrogens with two attached hydrogens (primary N) is 1. The predicted octanol–water partition coefficient (Wildman–Crippen LogP) is -0.797. The molecule has 1 atom stereocenters. The first kappa shape index (κ1) is 9.48. The fourth-order valence-corrected chi connectivity index (χ4v) is 1.35. The van der Waals surface area contributed by atoms with E-state index in [4.69, 9.17) is 5.73 Å². The monoisotopic (exact) mass is 171 g/mol. The van der Waals surface area contributed by atoms with E-state index in [0.717, 1.165) is 25.8 Å². The maximum atomic E-state index is 11.3. The molecule has 0 aromatic rings. The first-order chi connectivity index (χ1) is 5.84. The second-order valence-corrected chi connectivity index (χ2v) is 3.08. The zero-order valence-electron chi connectivity index (χ0n) is 7.31. The predicted molar refractivity (Wildman–Crippen MR) is 47.7 cm³/mol. The average molecular weight is 171 g/mol. The van der Waals surface area contributed by atoms with Crippen LogP contribution in [0.15, 0.2) is 0 Å². The maximum Gasteiger partial charge on any atom is 0.237 e. The van der Waals surface area contributed by atoms with Crippen molar-refractivity contribution >= 4 is 5.91 Å². The molecule has 0 saturated carbocycles. The Kier molecular flexibility index (Phi) is 4.04. The third-order valence-corrected chi connectivity index (χ3v) is 2.06. The van der Waals surface area contributed by atoms with Crippen molar-refractivity contribution in [2.75, 3.05) is 19.6 Å². The van der Waals surface area contributed by atoms with E-state index in [2.05, 4.69) is 10.6 Å². The van der Waals surface area contributed by atoms with E-state index < -0.39 is 0 Å². The topological polar surface area (TPSA) is 67.1 Å². The summed E-state index contributed by atoms with van der Waals surface area (Å²) in [7, 11) is 0. The summed E-state index contributed by atoms with van der Waals surface area (Å²) in [6, 6.07) is 0.0442. The zero-order valence-corrected chi connectivity index (χ0v) is 7.31. The summed E-state index contributed by atoms with van der Waals surface area (Å²) >= 11 is 0. The molecule has 1 saturated heterocycles. The molecule has 70 valence electrons. The van der Waals surface area contributed by atoms with Gasteiger partial charge in [0.15, 0.2) is 0 Å². The minimum atomic E-state index is 0.0442. The Labute approximate surface area is 72.9 Å². The van der Waals surface area contributed by atoms with E-state index in [0.29, 0.717) is 13.1 Å². The number of rotatable bonds is 4. The fourth-order valence-electron chi connectivity index (χ4n) is 1.35. The van der Waals surface area contributed by atoms with Gasteiger partial charge in [-0.15, -0.1) is 0 Å². The van der Waals surface area contributed by atoms with Gasteiger partial charge in [0, 0.05) is 6.54 Å². The van der Waals surface area contributed by atoms with Gasteiger partial charge in [0.2, 0.25) is 5.91 Å². The molecular formula is C8H17N3O. The first-order valence-corrected chi connectivity index (χ1v) is 4.56. The van der Waals surface area contributed by atoms with Gasteiger partial charge in [-0.05, 0) is 32.4 Å². The Balaban J connectivity index is 2.10. The number of amides is 1. The van der Waals surface area contributed by atoms with Crippen molar-refractivity contribution in [2.24, 2.45) is 5.73 Å². The van der Waals surface area contributed by atoms with Crippen molar-refractivity contribution < 1.29 is 4.79 Å². The van der Waals surface area contributed by atoms with Crippen LogP contribution in [0.1, 0.15) is 19.3 Å². The number of nitrogens with one attached hydrogen (secondary N) is 2. The largest absolute Gasteiger partial charge is 0.355 e. The van der Waals surface area contributed by atoms with Crippen LogP contribution in [0.25, 0.3) is 0 Å². The molecule has 1 aliphatic heterocycles. The third-order valence-electron chi connectivity index (χ3n) is 2.06. The number of hydrogen-bond acceptors (Lipinski definition) is 3. The molecule has 4 heteroatoms. The molecule has 4 N–H and O–H groups in total. The number of hydrogen-bond donors (Lipinski definition) is 3. The van der Waals surface area contributed by atoms with E-state index in [9.17, 15) is 4.79 Å². The third kappa shape index (κ3) is 2.79. The van der Waals surface area contributed by atoms with Gasteiger partial charge < -0.3 is 16.4 Å². The standard InChI is InChI=1S/C8H17N3O/c9-4-2-6-11-8(12)7-3-1-5-10-7/h7,10H,1-6,9H2,(H,11,12). The molecule has 12 heavy (non-hydrogen) atoms. The molecule has 0 bridgehead atoms. The Morgan fingerprint density at radius 3 is 3.08 bits per heavy atom. The SMILES string of the molecule is NCCCNC(=O)C1CCCN1. The zero-order chi connectivity index (χ0) is 8.81. The molecule has 1 fully saturated rings. The summed E-state index contributed by atoms with van der Waals surface area (Å²) in [5.41, 5.74) is 5.30. The lowest BCUT2D eigenvalue weighted by Gasteiger charge is -2.09. The average Bonchev–Trinajstić information content (AvgIpc) is 2.56. The molecule has 1 rings (SSSR count). The van der Waals surface area contributed by atoms with Gasteiger partial charge in [-0.3, -0.25) is 4.79 Å². The Bertz CT molecular complexity index is 143. The van der Waals surface area contributed by atoms with Crippen molar-refractivity contribution in [3.05, 3.63) is 0 Å². The lowest BCUT2D eigenvalue weighted by molar-refractivity contribution is -0.122. The summed E-state index contributed by atoms with van der Waals surface area (Å²) in [5.74, 6) is 0.126. The molecule has 1 heterocycles. The highest BCUT2D eigenvalue weighted by Gasteiger charge is 2.20. The van der Waals surface area contributed by atoms with Gasteiger partial charge in [-0.25, -0.2) is 0 Å². The van der Waals surface area contributed by atoms with Crippen molar-refractivity contribution in [1.82, 2.24) is 10.6 Å². The Hall–Kier alpha value is -0.610. The summed E-state index contributed by atoms with van der Waals surface area (Å²) < 4.78 is 0. The molecule has 0 aliphatic carbocycles. The molecule has 1 unspecified atom stereocenters. The molecule has 0 aromatic heterocycles. The maximum absolute atomic E-state index is 11.3. The number of carbonyl (C=O) groups is 1. The van der Waals surface area contributed by atoms with Crippen LogP contribution >= 0.6 is 0 Å². The molecule has 0 aromatic carbocycles. The summed E-state index contributed by atoms with van der Waals surface area (Å²) in [6.45, 7) is 2.31. The van der Waals surface area contributed by atoms with E-state index in [1.54, 1.807) is 0 Å². The van der Waals surface area contributed by atoms with Crippen molar-refractivity contribution in [3.8, 4) is 0 Å². The van der Waals surface area contributed by atoms with E-state index in [1.165, 1.54) is 0 Å². The van der Waals surface area contributed by atoms with Gasteiger partial charge in [-0.1, -0.05) is 0 Å². The minimum absolute atomic E-state index is 0.0442. The highest BCUT2D eigenvalue weighted by molar-refractivity contribution is 5.81. The lowest BCUT2D eigenvalue weighted by Crippen LogP contribution is -2.41. The smallest absolute Gasteiger partial charge is 0.237 e. The first-order valence-electron chi connectivity index (χ1n) is 4.56. The highest BCUT2D eigenvalue weighted by Crippen LogP contribution is 2.03. The van der Waals surface area contributed by atoms with E-state index in [1.807, 2.05) is 0 Å². The van der Waals surface area contributed by atoms with Crippen LogP contribution in [-0.2, 0) is 4.79 Å². The van der Waals surface area contributed by atoms with Gasteiger partial charge in [-0.2, -0.15) is 0 Å². The normalized spacial score (nSPS) is 22.6. The van der Waals surface area contributed by atoms with Gasteiger partial charge in [0.05, 0.1) is 6.04 Å². The van der Waals surface area contributed by atoms with Crippen LogP contribution < -0.4 is 16.4 Å².